The fourth-order valence-corrected chi connectivity index (χ4v) is 7.68. The molecule has 0 aliphatic heterocycles. The van der Waals surface area contributed by atoms with Gasteiger partial charge in [-0.3, -0.25) is 4.57 Å². The second-order valence-corrected chi connectivity index (χ2v) is 13.5. The summed E-state index contributed by atoms with van der Waals surface area (Å²) in [6, 6.07) is 14.7. The smallest absolute Gasteiger partial charge is 0.114 e. The van der Waals surface area contributed by atoms with Crippen LogP contribution in [0.1, 0.15) is 58.3 Å². The Balaban J connectivity index is 1.26. The van der Waals surface area contributed by atoms with Crippen LogP contribution >= 0.6 is 0 Å². The molecule has 0 radical (unpaired) electrons. The first-order chi connectivity index (χ1) is 31.8. The van der Waals surface area contributed by atoms with Crippen molar-refractivity contribution in [2.24, 2.45) is 0 Å². The van der Waals surface area contributed by atoms with Crippen molar-refractivity contribution in [2.75, 3.05) is 0 Å². The number of nitrogens with zero attached hydrogens (tertiary/aromatic N) is 2. The standard InChI is InChI=1S/C50H38N2/c1-4-47-51-45-19-11-12-20-46(45)52(47)36-28-25-33(26-29-36)32-21-23-34(24-22-32)48-39-14-5-7-16-41(39)49(42-17-8-6-15-40(42)48)35-27-30-38-37-13-9-10-18-43(37)50(2,3)44(38)31-35/h5-31H,4H2,1-3H3/i5D,6D,7D,8D,9D,10D,13D,14D,15D,16D,17D,18D,27D,30D,31D. The van der Waals surface area contributed by atoms with Gasteiger partial charge in [-0.25, -0.2) is 4.98 Å². The number of aromatic nitrogens is 2. The van der Waals surface area contributed by atoms with Crippen LogP contribution in [0.2, 0.25) is 0 Å². The molecule has 1 heterocycles. The minimum atomic E-state index is -1.35. The molecule has 0 saturated carbocycles. The number of fused-ring (bicyclic) bond motifs is 6. The van der Waals surface area contributed by atoms with E-state index in [0.29, 0.717) is 5.56 Å². The van der Waals surface area contributed by atoms with Crippen LogP contribution in [0.15, 0.2) is 163 Å². The lowest BCUT2D eigenvalue weighted by molar-refractivity contribution is 0.660. The van der Waals surface area contributed by atoms with Crippen LogP contribution in [-0.2, 0) is 11.8 Å². The number of imidazole rings is 1. The van der Waals surface area contributed by atoms with E-state index in [0.717, 1.165) is 40.1 Å². The average molecular weight is 682 g/mol. The zero-order valence-corrected chi connectivity index (χ0v) is 28.5. The Bertz CT molecular complexity index is 3610. The molecule has 2 heteroatoms. The minimum Gasteiger partial charge on any atom is -0.296 e. The van der Waals surface area contributed by atoms with Crippen LogP contribution in [0.3, 0.4) is 0 Å². The first kappa shape index (κ1) is 18.8. The van der Waals surface area contributed by atoms with Crippen molar-refractivity contribution < 1.29 is 20.6 Å². The molecule has 1 aliphatic carbocycles. The first-order valence-electron chi connectivity index (χ1n) is 24.6. The zero-order valence-electron chi connectivity index (χ0n) is 43.5. The monoisotopic (exact) mass is 681 g/mol. The molecule has 9 aromatic rings. The van der Waals surface area contributed by atoms with E-state index in [-0.39, 0.29) is 66.5 Å². The molecule has 2 nitrogen and oxygen atoms in total. The third kappa shape index (κ3) is 4.54. The lowest BCUT2D eigenvalue weighted by atomic mass is 9.80. The fourth-order valence-electron chi connectivity index (χ4n) is 7.68. The molecule has 0 N–H and O–H groups in total. The molecule has 52 heavy (non-hydrogen) atoms. The summed E-state index contributed by atoms with van der Waals surface area (Å²) in [4.78, 5) is 4.80. The van der Waals surface area contributed by atoms with Gasteiger partial charge in [0.25, 0.3) is 0 Å². The molecule has 0 atom stereocenters. The molecule has 0 spiro atoms. The third-order valence-corrected chi connectivity index (χ3v) is 10.2. The topological polar surface area (TPSA) is 17.8 Å². The van der Waals surface area contributed by atoms with E-state index in [1.807, 2.05) is 60.7 Å². The molecule has 0 fully saturated rings. The van der Waals surface area contributed by atoms with E-state index >= 15 is 0 Å². The Morgan fingerprint density at radius 3 is 1.75 bits per heavy atom. The van der Waals surface area contributed by atoms with E-state index in [9.17, 15) is 9.60 Å². The molecular weight excluding hydrogens is 629 g/mol. The predicted octanol–water partition coefficient (Wildman–Crippen LogP) is 13.2. The van der Waals surface area contributed by atoms with Gasteiger partial charge in [0.1, 0.15) is 5.82 Å². The number of rotatable bonds is 5. The summed E-state index contributed by atoms with van der Waals surface area (Å²) >= 11 is 0. The fraction of sp³-hybridized carbons (Fsp3) is 0.100. The second kappa shape index (κ2) is 11.6. The van der Waals surface area contributed by atoms with Crippen molar-refractivity contribution in [1.29, 1.82) is 0 Å². The van der Waals surface area contributed by atoms with Gasteiger partial charge in [-0.2, -0.15) is 0 Å². The Hall–Kier alpha value is -6.25. The Kier molecular flexibility index (Phi) is 4.22. The van der Waals surface area contributed by atoms with Gasteiger partial charge in [0.15, 0.2) is 0 Å². The Morgan fingerprint density at radius 1 is 0.558 bits per heavy atom. The van der Waals surface area contributed by atoms with Gasteiger partial charge in [-0.1, -0.05) is 154 Å². The summed E-state index contributed by atoms with van der Waals surface area (Å²) in [6.45, 7) is 5.34. The molecule has 1 aliphatic rings. The highest BCUT2D eigenvalue weighted by molar-refractivity contribution is 6.21. The van der Waals surface area contributed by atoms with Crippen LogP contribution in [0.4, 0.5) is 0 Å². The predicted molar refractivity (Wildman–Crippen MR) is 219 cm³/mol. The van der Waals surface area contributed by atoms with E-state index in [1.54, 1.807) is 26.0 Å². The lowest BCUT2D eigenvalue weighted by Gasteiger charge is -2.23. The van der Waals surface area contributed by atoms with Crippen molar-refractivity contribution in [1.82, 2.24) is 9.55 Å². The van der Waals surface area contributed by atoms with Gasteiger partial charge in [0.05, 0.1) is 31.6 Å². The quantitative estimate of drug-likeness (QED) is 0.165. The van der Waals surface area contributed by atoms with Gasteiger partial charge in [-0.05, 0) is 107 Å². The molecule has 0 saturated heterocycles. The van der Waals surface area contributed by atoms with E-state index in [1.165, 1.54) is 0 Å². The maximum absolute atomic E-state index is 9.90. The molecule has 248 valence electrons. The first-order valence-corrected chi connectivity index (χ1v) is 17.1. The zero-order chi connectivity index (χ0) is 48.0. The highest BCUT2D eigenvalue weighted by Gasteiger charge is 2.35. The molecule has 8 aromatic carbocycles. The van der Waals surface area contributed by atoms with Gasteiger partial charge < -0.3 is 0 Å². The normalized spacial score (nSPS) is 17.2. The highest BCUT2D eigenvalue weighted by Crippen LogP contribution is 2.51. The number of aryl methyl sites for hydroxylation is 1. The van der Waals surface area contributed by atoms with Crippen molar-refractivity contribution >= 4 is 32.6 Å². The summed E-state index contributed by atoms with van der Waals surface area (Å²) in [6.07, 6.45) is 0.727. The van der Waals surface area contributed by atoms with Crippen molar-refractivity contribution in [2.45, 2.75) is 32.6 Å². The Morgan fingerprint density at radius 2 is 1.10 bits per heavy atom. The highest BCUT2D eigenvalue weighted by atomic mass is 15.1. The lowest BCUT2D eigenvalue weighted by Crippen LogP contribution is -2.14. The summed E-state index contributed by atoms with van der Waals surface area (Å²) in [5.74, 6) is 0.917. The van der Waals surface area contributed by atoms with Crippen LogP contribution in [-0.4, -0.2) is 9.55 Å². The van der Waals surface area contributed by atoms with Crippen LogP contribution < -0.4 is 0 Å². The number of para-hydroxylation sites is 2. The van der Waals surface area contributed by atoms with Gasteiger partial charge in [-0.15, -0.1) is 0 Å². The maximum atomic E-state index is 9.90. The summed E-state index contributed by atoms with van der Waals surface area (Å²) in [5.41, 5.74) is 3.07. The van der Waals surface area contributed by atoms with Gasteiger partial charge >= 0.3 is 0 Å². The van der Waals surface area contributed by atoms with Crippen molar-refractivity contribution in [3.63, 3.8) is 0 Å². The van der Waals surface area contributed by atoms with E-state index < -0.39 is 90.0 Å². The maximum Gasteiger partial charge on any atom is 0.114 e. The second-order valence-electron chi connectivity index (χ2n) is 13.5. The largest absolute Gasteiger partial charge is 0.296 e. The molecule has 0 amide bonds. The SMILES string of the molecule is [2H]c1c([2H])c([2H])c2c(c1[2H])-c1c([2H])c([2H])c(-c3c4c([2H])c([2H])c([2H])c([2H])c4c(-c4ccc(-c5ccc(-n6c(CC)nc7ccccc76)cc5)cc4)c4c([2H])c([2H])c([2H])c([2H])c34)c([2H])c1C2(C)C. The average Bonchev–Trinajstić information content (AvgIpc) is 3.83. The van der Waals surface area contributed by atoms with Gasteiger partial charge in [0.2, 0.25) is 0 Å². The summed E-state index contributed by atoms with van der Waals surface area (Å²) in [5, 5.41) is -0.697. The van der Waals surface area contributed by atoms with Crippen molar-refractivity contribution in [3.05, 3.63) is 180 Å². The number of benzene rings is 8. The molecule has 0 unspecified atom stereocenters. The van der Waals surface area contributed by atoms with Crippen molar-refractivity contribution in [3.8, 4) is 50.2 Å². The number of hydrogen-bond donors (Lipinski definition) is 0. The molecular formula is C50H38N2. The summed E-state index contributed by atoms with van der Waals surface area (Å²) < 4.78 is 139. The van der Waals surface area contributed by atoms with Crippen LogP contribution in [0.5, 0.6) is 0 Å². The molecule has 1 aromatic heterocycles. The Labute approximate surface area is 325 Å². The minimum absolute atomic E-state index is 0.0182. The molecule has 10 rings (SSSR count). The molecule has 0 bridgehead atoms. The number of hydrogen-bond acceptors (Lipinski definition) is 1. The summed E-state index contributed by atoms with van der Waals surface area (Å²) in [7, 11) is 0. The van der Waals surface area contributed by atoms with Gasteiger partial charge in [0, 0.05) is 17.5 Å². The van der Waals surface area contributed by atoms with E-state index in [2.05, 4.69) is 11.5 Å². The van der Waals surface area contributed by atoms with Crippen LogP contribution in [0.25, 0.3) is 82.8 Å². The van der Waals surface area contributed by atoms with E-state index in [4.69, 9.17) is 16.0 Å². The third-order valence-electron chi connectivity index (χ3n) is 10.2. The van der Waals surface area contributed by atoms with Crippen LogP contribution in [0, 0.1) is 0 Å².